The first-order valence-corrected chi connectivity index (χ1v) is 11.7. The van der Waals surface area contributed by atoms with Crippen LogP contribution in [0.25, 0.3) is 0 Å². The number of carbonyl (C=O) groups excluding carboxylic acids is 1. The summed E-state index contributed by atoms with van der Waals surface area (Å²) in [7, 11) is 0. The van der Waals surface area contributed by atoms with Gasteiger partial charge in [0, 0.05) is 22.2 Å². The van der Waals surface area contributed by atoms with E-state index in [0.717, 1.165) is 0 Å². The van der Waals surface area contributed by atoms with Crippen molar-refractivity contribution in [1.29, 1.82) is 0 Å². The highest BCUT2D eigenvalue weighted by atomic mass is 127. The van der Waals surface area contributed by atoms with E-state index in [9.17, 15) is 24.9 Å². The van der Waals surface area contributed by atoms with Crippen LogP contribution in [0.15, 0.2) is 36.4 Å². The fraction of sp³-hybridized carbons (Fsp3) is 0.263. The number of hydrogen-bond acceptors (Lipinski definition) is 5. The summed E-state index contributed by atoms with van der Waals surface area (Å²) in [5.41, 5.74) is 0.834. The van der Waals surface area contributed by atoms with Crippen LogP contribution in [0.1, 0.15) is 22.0 Å². The highest BCUT2D eigenvalue weighted by molar-refractivity contribution is 14.1. The number of rotatable bonds is 9. The van der Waals surface area contributed by atoms with Crippen molar-refractivity contribution in [3.63, 3.8) is 0 Å². The van der Waals surface area contributed by atoms with Crippen molar-refractivity contribution in [3.05, 3.63) is 58.2 Å². The maximum atomic E-state index is 13.0. The van der Waals surface area contributed by atoms with Crippen molar-refractivity contribution in [2.45, 2.75) is 6.10 Å². The largest absolute Gasteiger partial charge is 0.478 e. The molecule has 0 radical (unpaired) electrons. The quantitative estimate of drug-likeness (QED) is 0.342. The van der Waals surface area contributed by atoms with Gasteiger partial charge in [-0.25, -0.2) is 4.79 Å². The SMILES string of the molecule is O=C(O)C(Oc1c(I)cc(I)c(C(=O)N(CCO)CCO)c1I)c1ccccc1. The second-order valence-electron chi connectivity index (χ2n) is 5.84. The van der Waals surface area contributed by atoms with Gasteiger partial charge in [0.2, 0.25) is 6.10 Å². The van der Waals surface area contributed by atoms with Crippen LogP contribution in [0, 0.1) is 10.7 Å². The van der Waals surface area contributed by atoms with E-state index < -0.39 is 12.1 Å². The number of aliphatic carboxylic acids is 1. The Balaban J connectivity index is 2.49. The molecule has 0 saturated carbocycles. The van der Waals surface area contributed by atoms with Gasteiger partial charge in [0.05, 0.1) is 25.9 Å². The first-order valence-electron chi connectivity index (χ1n) is 8.44. The van der Waals surface area contributed by atoms with Gasteiger partial charge in [0.1, 0.15) is 5.75 Å². The number of hydrogen-bond donors (Lipinski definition) is 3. The Morgan fingerprint density at radius 1 is 1.00 bits per heavy atom. The molecule has 10 heteroatoms. The Bertz CT molecular complexity index is 872. The summed E-state index contributed by atoms with van der Waals surface area (Å²) in [5, 5.41) is 28.1. The van der Waals surface area contributed by atoms with Gasteiger partial charge in [-0.15, -0.1) is 0 Å². The molecule has 2 aromatic rings. The number of halogens is 3. The highest BCUT2D eigenvalue weighted by Gasteiger charge is 2.28. The third kappa shape index (κ3) is 6.15. The third-order valence-electron chi connectivity index (χ3n) is 3.93. The number of nitrogens with zero attached hydrogens (tertiary/aromatic N) is 1. The number of benzene rings is 2. The van der Waals surface area contributed by atoms with E-state index in [1.54, 1.807) is 36.4 Å². The lowest BCUT2D eigenvalue weighted by molar-refractivity contribution is -0.145. The summed E-state index contributed by atoms with van der Waals surface area (Å²) in [4.78, 5) is 26.2. The smallest absolute Gasteiger partial charge is 0.349 e. The maximum absolute atomic E-state index is 13.0. The monoisotopic (exact) mass is 737 g/mol. The average molecular weight is 737 g/mol. The van der Waals surface area contributed by atoms with Gasteiger partial charge >= 0.3 is 5.97 Å². The van der Waals surface area contributed by atoms with Crippen LogP contribution in [-0.2, 0) is 4.79 Å². The van der Waals surface area contributed by atoms with Crippen LogP contribution in [-0.4, -0.2) is 58.4 Å². The molecule has 1 atom stereocenters. The third-order valence-corrected chi connectivity index (χ3v) is 6.61. The normalized spacial score (nSPS) is 11.8. The predicted molar refractivity (Wildman–Crippen MR) is 132 cm³/mol. The first-order chi connectivity index (χ1) is 13.8. The lowest BCUT2D eigenvalue weighted by Gasteiger charge is -2.24. The van der Waals surface area contributed by atoms with Crippen LogP contribution >= 0.6 is 67.8 Å². The molecule has 0 aliphatic carbocycles. The van der Waals surface area contributed by atoms with Crippen molar-refractivity contribution >= 4 is 79.6 Å². The molecule has 0 spiro atoms. The first kappa shape index (κ1) is 24.6. The fourth-order valence-electron chi connectivity index (χ4n) is 2.60. The Kier molecular flexibility index (Phi) is 9.84. The van der Waals surface area contributed by atoms with E-state index in [4.69, 9.17) is 4.74 Å². The van der Waals surface area contributed by atoms with Crippen LogP contribution in [0.2, 0.25) is 0 Å². The van der Waals surface area contributed by atoms with Crippen molar-refractivity contribution in [3.8, 4) is 5.75 Å². The molecule has 3 N–H and O–H groups in total. The molecule has 0 heterocycles. The predicted octanol–water partition coefficient (Wildman–Crippen LogP) is 3.13. The van der Waals surface area contributed by atoms with Crippen molar-refractivity contribution in [2.24, 2.45) is 0 Å². The van der Waals surface area contributed by atoms with E-state index in [1.165, 1.54) is 4.90 Å². The van der Waals surface area contributed by atoms with Gasteiger partial charge < -0.3 is 25.0 Å². The van der Waals surface area contributed by atoms with Gasteiger partial charge in [-0.3, -0.25) is 4.79 Å². The molecule has 0 fully saturated rings. The minimum Gasteiger partial charge on any atom is -0.478 e. The van der Waals surface area contributed by atoms with E-state index in [0.29, 0.717) is 27.6 Å². The van der Waals surface area contributed by atoms with Crippen molar-refractivity contribution < 1.29 is 29.6 Å². The van der Waals surface area contributed by atoms with E-state index in [1.807, 2.05) is 67.8 Å². The minimum atomic E-state index is -1.23. The molecule has 0 aliphatic rings. The lowest BCUT2D eigenvalue weighted by Crippen LogP contribution is -2.37. The topological polar surface area (TPSA) is 107 Å². The molecular weight excluding hydrogens is 719 g/mol. The molecule has 1 unspecified atom stereocenters. The summed E-state index contributed by atoms with van der Waals surface area (Å²) in [6.45, 7) is -0.311. The molecular formula is C19H18I3NO6. The van der Waals surface area contributed by atoms with Gasteiger partial charge in [-0.05, 0) is 73.8 Å². The maximum Gasteiger partial charge on any atom is 0.349 e. The number of carboxylic acids is 1. The average Bonchev–Trinajstić information content (AvgIpc) is 2.67. The van der Waals surface area contributed by atoms with Gasteiger partial charge in [-0.1, -0.05) is 30.3 Å². The lowest BCUT2D eigenvalue weighted by atomic mass is 10.1. The molecule has 0 aromatic heterocycles. The number of carbonyl (C=O) groups is 2. The van der Waals surface area contributed by atoms with Gasteiger partial charge in [0.25, 0.3) is 5.91 Å². The molecule has 0 saturated heterocycles. The Morgan fingerprint density at radius 3 is 2.10 bits per heavy atom. The minimum absolute atomic E-state index is 0.0789. The summed E-state index contributed by atoms with van der Waals surface area (Å²) >= 11 is 6.06. The molecule has 156 valence electrons. The number of aliphatic hydroxyl groups is 2. The van der Waals surface area contributed by atoms with Crippen LogP contribution in [0.3, 0.4) is 0 Å². The number of ether oxygens (including phenoxy) is 1. The molecule has 7 nitrogen and oxygen atoms in total. The number of carboxylic acid groups (broad SMARTS) is 1. The summed E-state index contributed by atoms with van der Waals surface area (Å²) in [6, 6.07) is 10.3. The zero-order valence-corrected chi connectivity index (χ0v) is 21.5. The number of aliphatic hydroxyl groups excluding tert-OH is 2. The summed E-state index contributed by atoms with van der Waals surface area (Å²) in [6.07, 6.45) is -1.23. The molecule has 1 amide bonds. The molecule has 29 heavy (non-hydrogen) atoms. The Labute approximate surface area is 208 Å². The highest BCUT2D eigenvalue weighted by Crippen LogP contribution is 2.37. The van der Waals surface area contributed by atoms with Crippen molar-refractivity contribution in [1.82, 2.24) is 4.90 Å². The standard InChI is InChI=1S/C19H18I3NO6/c20-12-10-13(21)17(29-16(19(27)28)11-4-2-1-3-5-11)15(22)14(12)18(26)23(6-8-24)7-9-25/h1-5,10,16,24-25H,6-9H2,(H,27,28). The van der Waals surface area contributed by atoms with E-state index >= 15 is 0 Å². The molecule has 2 rings (SSSR count). The Hall–Kier alpha value is -0.710. The second-order valence-corrected chi connectivity index (χ2v) is 9.25. The van der Waals surface area contributed by atoms with E-state index in [2.05, 4.69) is 0 Å². The molecule has 2 aromatic carbocycles. The van der Waals surface area contributed by atoms with Gasteiger partial charge in [0.15, 0.2) is 0 Å². The zero-order valence-electron chi connectivity index (χ0n) is 15.0. The fourth-order valence-corrected chi connectivity index (χ4v) is 6.68. The summed E-state index contributed by atoms with van der Waals surface area (Å²) < 4.78 is 7.70. The van der Waals surface area contributed by atoms with Crippen LogP contribution in [0.4, 0.5) is 0 Å². The number of amides is 1. The molecule has 0 bridgehead atoms. The molecule has 0 aliphatic heterocycles. The van der Waals surface area contributed by atoms with Gasteiger partial charge in [-0.2, -0.15) is 0 Å². The van der Waals surface area contributed by atoms with E-state index in [-0.39, 0.29) is 32.2 Å². The van der Waals surface area contributed by atoms with Crippen molar-refractivity contribution in [2.75, 3.05) is 26.3 Å². The second kappa shape index (κ2) is 11.6. The van der Waals surface area contributed by atoms with Crippen LogP contribution in [0.5, 0.6) is 5.75 Å². The zero-order chi connectivity index (χ0) is 21.6. The van der Waals surface area contributed by atoms with Crippen LogP contribution < -0.4 is 4.74 Å². The summed E-state index contributed by atoms with van der Waals surface area (Å²) in [5.74, 6) is -1.20. The Morgan fingerprint density at radius 2 is 1.59 bits per heavy atom.